The number of aliphatic hydroxyl groups is 1. The first-order chi connectivity index (χ1) is 9.49. The van der Waals surface area contributed by atoms with E-state index in [1.165, 1.54) is 12.5 Å². The van der Waals surface area contributed by atoms with Crippen LogP contribution >= 0.6 is 15.9 Å². The van der Waals surface area contributed by atoms with E-state index in [4.69, 9.17) is 4.74 Å². The average Bonchev–Trinajstić information content (AvgIpc) is 2.41. The first-order valence-corrected chi connectivity index (χ1v) is 7.61. The average molecular weight is 344 g/mol. The van der Waals surface area contributed by atoms with Gasteiger partial charge in [0.05, 0.1) is 17.1 Å². The van der Waals surface area contributed by atoms with Crippen LogP contribution < -0.4 is 4.74 Å². The van der Waals surface area contributed by atoms with Crippen LogP contribution in [0, 0.1) is 10.1 Å². The van der Waals surface area contributed by atoms with Crippen molar-refractivity contribution in [3.05, 3.63) is 32.3 Å². The zero-order valence-electron chi connectivity index (χ0n) is 11.3. The lowest BCUT2D eigenvalue weighted by Gasteiger charge is -2.24. The third-order valence-electron chi connectivity index (χ3n) is 3.55. The van der Waals surface area contributed by atoms with Crippen LogP contribution in [0.15, 0.2) is 16.6 Å². The Morgan fingerprint density at radius 2 is 2.05 bits per heavy atom. The SMILES string of the molecule is C[C@H](O)c1cc(Br)cc([N+](=O)[O-])c1OC1CCCCC1. The van der Waals surface area contributed by atoms with Crippen LogP contribution in [-0.4, -0.2) is 16.1 Å². The minimum Gasteiger partial charge on any atom is -0.483 e. The van der Waals surface area contributed by atoms with Gasteiger partial charge in [0.25, 0.3) is 0 Å². The molecule has 2 rings (SSSR count). The Bertz CT molecular complexity index is 498. The molecule has 0 heterocycles. The maximum atomic E-state index is 11.2. The number of benzene rings is 1. The molecule has 1 saturated carbocycles. The lowest BCUT2D eigenvalue weighted by molar-refractivity contribution is -0.386. The normalized spacial score (nSPS) is 17.8. The number of hydrogen-bond donors (Lipinski definition) is 1. The molecule has 0 aliphatic heterocycles. The van der Waals surface area contributed by atoms with Crippen LogP contribution in [0.2, 0.25) is 0 Å². The van der Waals surface area contributed by atoms with Crippen LogP contribution in [0.3, 0.4) is 0 Å². The summed E-state index contributed by atoms with van der Waals surface area (Å²) >= 11 is 3.24. The Morgan fingerprint density at radius 3 is 2.60 bits per heavy atom. The summed E-state index contributed by atoms with van der Waals surface area (Å²) in [5.74, 6) is 0.208. The van der Waals surface area contributed by atoms with Gasteiger partial charge in [-0.05, 0) is 38.7 Å². The second-order valence-electron chi connectivity index (χ2n) is 5.15. The van der Waals surface area contributed by atoms with Gasteiger partial charge in [-0.15, -0.1) is 0 Å². The summed E-state index contributed by atoms with van der Waals surface area (Å²) in [6.07, 6.45) is 4.36. The van der Waals surface area contributed by atoms with Gasteiger partial charge < -0.3 is 9.84 Å². The maximum absolute atomic E-state index is 11.2. The van der Waals surface area contributed by atoms with Crippen LogP contribution in [-0.2, 0) is 0 Å². The fraction of sp³-hybridized carbons (Fsp3) is 0.571. The highest BCUT2D eigenvalue weighted by atomic mass is 79.9. The fourth-order valence-corrected chi connectivity index (χ4v) is 2.99. The molecular formula is C14H18BrNO4. The Balaban J connectivity index is 2.38. The number of nitro benzene ring substituents is 1. The summed E-state index contributed by atoms with van der Waals surface area (Å²) in [5, 5.41) is 21.1. The summed E-state index contributed by atoms with van der Waals surface area (Å²) in [5.41, 5.74) is 0.359. The van der Waals surface area contributed by atoms with Gasteiger partial charge >= 0.3 is 5.69 Å². The number of halogens is 1. The second-order valence-corrected chi connectivity index (χ2v) is 6.07. The van der Waals surface area contributed by atoms with Crippen molar-refractivity contribution in [1.82, 2.24) is 0 Å². The minimum absolute atomic E-state index is 0.00104. The van der Waals surface area contributed by atoms with Crippen LogP contribution in [0.5, 0.6) is 5.75 Å². The quantitative estimate of drug-likeness (QED) is 0.659. The molecule has 0 saturated heterocycles. The molecule has 1 aromatic rings. The van der Waals surface area contributed by atoms with Crippen molar-refractivity contribution in [2.75, 3.05) is 0 Å². The van der Waals surface area contributed by atoms with Crippen molar-refractivity contribution >= 4 is 21.6 Å². The highest BCUT2D eigenvalue weighted by Crippen LogP contribution is 2.39. The summed E-state index contributed by atoms with van der Waals surface area (Å²) < 4.78 is 6.44. The Labute approximate surface area is 126 Å². The Kier molecular flexibility index (Phi) is 4.99. The topological polar surface area (TPSA) is 72.6 Å². The van der Waals surface area contributed by atoms with Crippen molar-refractivity contribution < 1.29 is 14.8 Å². The van der Waals surface area contributed by atoms with Crippen molar-refractivity contribution in [3.8, 4) is 5.75 Å². The van der Waals surface area contributed by atoms with Crippen molar-refractivity contribution in [2.24, 2.45) is 0 Å². The third-order valence-corrected chi connectivity index (χ3v) is 4.00. The molecule has 0 unspecified atom stereocenters. The summed E-state index contributed by atoms with van der Waals surface area (Å²) in [4.78, 5) is 10.8. The number of hydrogen-bond acceptors (Lipinski definition) is 4. The second kappa shape index (κ2) is 6.54. The fourth-order valence-electron chi connectivity index (χ4n) is 2.52. The molecule has 6 heteroatoms. The van der Waals surface area contributed by atoms with E-state index in [1.807, 2.05) is 0 Å². The number of rotatable bonds is 4. The molecule has 0 aromatic heterocycles. The van der Waals surface area contributed by atoms with Gasteiger partial charge in [-0.1, -0.05) is 22.4 Å². The monoisotopic (exact) mass is 343 g/mol. The predicted octanol–water partition coefficient (Wildman–Crippen LogP) is 4.12. The molecule has 1 N–H and O–H groups in total. The van der Waals surface area contributed by atoms with E-state index in [-0.39, 0.29) is 17.5 Å². The highest BCUT2D eigenvalue weighted by molar-refractivity contribution is 9.10. The minimum atomic E-state index is -0.815. The molecular weight excluding hydrogens is 326 g/mol. The molecule has 0 bridgehead atoms. The first-order valence-electron chi connectivity index (χ1n) is 6.81. The van der Waals surface area contributed by atoms with Gasteiger partial charge in [0.15, 0.2) is 0 Å². The first kappa shape index (κ1) is 15.3. The molecule has 5 nitrogen and oxygen atoms in total. The number of ether oxygens (including phenoxy) is 1. The molecule has 1 fully saturated rings. The lowest BCUT2D eigenvalue weighted by atomic mass is 9.97. The van der Waals surface area contributed by atoms with Gasteiger partial charge in [-0.2, -0.15) is 0 Å². The van der Waals surface area contributed by atoms with E-state index in [2.05, 4.69) is 15.9 Å². The van der Waals surface area contributed by atoms with Gasteiger partial charge in [0, 0.05) is 16.1 Å². The van der Waals surface area contributed by atoms with Crippen LogP contribution in [0.25, 0.3) is 0 Å². The predicted molar refractivity (Wildman–Crippen MR) is 78.9 cm³/mol. The highest BCUT2D eigenvalue weighted by Gasteiger charge is 2.26. The lowest BCUT2D eigenvalue weighted by Crippen LogP contribution is -2.21. The van der Waals surface area contributed by atoms with E-state index in [9.17, 15) is 15.2 Å². The smallest absolute Gasteiger partial charge is 0.312 e. The zero-order chi connectivity index (χ0) is 14.7. The maximum Gasteiger partial charge on any atom is 0.312 e. The summed E-state index contributed by atoms with van der Waals surface area (Å²) in [6, 6.07) is 3.10. The van der Waals surface area contributed by atoms with Gasteiger partial charge in [0.2, 0.25) is 5.75 Å². The number of aliphatic hydroxyl groups excluding tert-OH is 1. The molecule has 1 aromatic carbocycles. The van der Waals surface area contributed by atoms with Gasteiger partial charge in [0.1, 0.15) is 0 Å². The van der Waals surface area contributed by atoms with E-state index in [0.717, 1.165) is 25.7 Å². The summed E-state index contributed by atoms with van der Waals surface area (Å²) in [7, 11) is 0. The van der Waals surface area contributed by atoms with E-state index in [1.54, 1.807) is 13.0 Å². The molecule has 1 aliphatic rings. The molecule has 20 heavy (non-hydrogen) atoms. The molecule has 1 aliphatic carbocycles. The molecule has 1 atom stereocenters. The standard InChI is InChI=1S/C14H18BrNO4/c1-9(17)12-7-10(15)8-13(16(18)19)14(12)20-11-5-3-2-4-6-11/h7-9,11,17H,2-6H2,1H3/t9-/m0/s1. The summed E-state index contributed by atoms with van der Waals surface area (Å²) in [6.45, 7) is 1.58. The van der Waals surface area contributed by atoms with Crippen molar-refractivity contribution in [3.63, 3.8) is 0 Å². The van der Waals surface area contributed by atoms with E-state index in [0.29, 0.717) is 10.0 Å². The van der Waals surface area contributed by atoms with Crippen LogP contribution in [0.4, 0.5) is 5.69 Å². The van der Waals surface area contributed by atoms with Gasteiger partial charge in [-0.3, -0.25) is 10.1 Å². The van der Waals surface area contributed by atoms with Crippen molar-refractivity contribution in [1.29, 1.82) is 0 Å². The van der Waals surface area contributed by atoms with Crippen LogP contribution in [0.1, 0.15) is 50.7 Å². The molecule has 0 spiro atoms. The van der Waals surface area contributed by atoms with Crippen molar-refractivity contribution in [2.45, 2.75) is 51.2 Å². The Morgan fingerprint density at radius 1 is 1.40 bits per heavy atom. The molecule has 0 radical (unpaired) electrons. The number of nitro groups is 1. The molecule has 110 valence electrons. The third kappa shape index (κ3) is 3.49. The zero-order valence-corrected chi connectivity index (χ0v) is 12.9. The Hall–Kier alpha value is -1.14. The van der Waals surface area contributed by atoms with Gasteiger partial charge in [-0.25, -0.2) is 0 Å². The van der Waals surface area contributed by atoms with E-state index < -0.39 is 11.0 Å². The van der Waals surface area contributed by atoms with E-state index >= 15 is 0 Å². The molecule has 0 amide bonds. The number of nitrogens with zero attached hydrogens (tertiary/aromatic N) is 1. The largest absolute Gasteiger partial charge is 0.483 e.